The molecule has 2 aromatic heterocycles. The highest BCUT2D eigenvalue weighted by molar-refractivity contribution is 6.03. The van der Waals surface area contributed by atoms with Crippen LogP contribution >= 0.6 is 0 Å². The number of piperidine rings is 1. The third kappa shape index (κ3) is 3.45. The second-order valence-electron chi connectivity index (χ2n) is 7.90. The number of likely N-dealkylation sites (tertiary alicyclic amines) is 1. The molecule has 0 unspecified atom stereocenters. The van der Waals surface area contributed by atoms with E-state index in [4.69, 9.17) is 0 Å². The van der Waals surface area contributed by atoms with Crippen molar-refractivity contribution in [2.45, 2.75) is 44.9 Å². The van der Waals surface area contributed by atoms with E-state index >= 15 is 0 Å². The standard InChI is InChI=1S/C19H28N6O/c1-24-17-16(22-23-24)15(5-10-20-17)18(26)21-11-14-25-12-8-19(9-13-25)6-3-2-4-7-19/h5,10H,2-4,6-9,11-14H2,1H3,(H,21,26). The number of pyridine rings is 1. The molecule has 2 aromatic rings. The zero-order chi connectivity index (χ0) is 18.0. The van der Waals surface area contributed by atoms with Crippen molar-refractivity contribution in [2.24, 2.45) is 12.5 Å². The number of carbonyl (C=O) groups is 1. The molecule has 1 aliphatic heterocycles. The quantitative estimate of drug-likeness (QED) is 0.908. The number of fused-ring (bicyclic) bond motifs is 1. The summed E-state index contributed by atoms with van der Waals surface area (Å²) in [6.07, 6.45) is 11.4. The van der Waals surface area contributed by atoms with Crippen LogP contribution in [0.1, 0.15) is 55.3 Å². The van der Waals surface area contributed by atoms with Crippen LogP contribution in [0, 0.1) is 5.41 Å². The van der Waals surface area contributed by atoms with Crippen LogP contribution in [0.25, 0.3) is 11.2 Å². The second-order valence-corrected chi connectivity index (χ2v) is 7.90. The molecule has 1 N–H and O–H groups in total. The molecular weight excluding hydrogens is 328 g/mol. The fraction of sp³-hybridized carbons (Fsp3) is 0.684. The minimum absolute atomic E-state index is 0.0985. The highest BCUT2D eigenvalue weighted by atomic mass is 16.1. The van der Waals surface area contributed by atoms with Gasteiger partial charge in [0.15, 0.2) is 5.65 Å². The van der Waals surface area contributed by atoms with Crippen molar-refractivity contribution in [3.8, 4) is 0 Å². The first-order valence-electron chi connectivity index (χ1n) is 9.82. The minimum atomic E-state index is -0.0985. The van der Waals surface area contributed by atoms with Gasteiger partial charge in [-0.15, -0.1) is 5.10 Å². The molecule has 2 aliphatic rings. The maximum absolute atomic E-state index is 12.5. The minimum Gasteiger partial charge on any atom is -0.351 e. The summed E-state index contributed by atoms with van der Waals surface area (Å²) in [7, 11) is 1.78. The van der Waals surface area contributed by atoms with E-state index in [2.05, 4.69) is 25.5 Å². The van der Waals surface area contributed by atoms with E-state index in [0.29, 0.717) is 28.7 Å². The smallest absolute Gasteiger partial charge is 0.253 e. The Balaban J connectivity index is 1.28. The molecule has 1 amide bonds. The monoisotopic (exact) mass is 356 g/mol. The normalized spacial score (nSPS) is 20.5. The molecule has 0 bridgehead atoms. The molecule has 0 radical (unpaired) electrons. The summed E-state index contributed by atoms with van der Waals surface area (Å²) >= 11 is 0. The van der Waals surface area contributed by atoms with E-state index in [1.807, 2.05) is 0 Å². The predicted molar refractivity (Wildman–Crippen MR) is 99.8 cm³/mol. The molecule has 140 valence electrons. The van der Waals surface area contributed by atoms with Crippen molar-refractivity contribution >= 4 is 17.1 Å². The highest BCUT2D eigenvalue weighted by Gasteiger charge is 2.35. The Kier molecular flexibility index (Phi) is 4.89. The van der Waals surface area contributed by atoms with Gasteiger partial charge in [-0.3, -0.25) is 4.79 Å². The highest BCUT2D eigenvalue weighted by Crippen LogP contribution is 2.44. The van der Waals surface area contributed by atoms with Crippen LogP contribution in [0.2, 0.25) is 0 Å². The lowest BCUT2D eigenvalue weighted by Gasteiger charge is -2.44. The van der Waals surface area contributed by atoms with E-state index in [0.717, 1.165) is 6.54 Å². The van der Waals surface area contributed by atoms with Gasteiger partial charge in [0.25, 0.3) is 5.91 Å². The average Bonchev–Trinajstić information content (AvgIpc) is 3.05. The zero-order valence-electron chi connectivity index (χ0n) is 15.6. The van der Waals surface area contributed by atoms with Gasteiger partial charge in [-0.2, -0.15) is 0 Å². The van der Waals surface area contributed by atoms with E-state index in [1.165, 1.54) is 58.0 Å². The van der Waals surface area contributed by atoms with Gasteiger partial charge in [0.2, 0.25) is 0 Å². The molecule has 0 aromatic carbocycles. The molecule has 0 atom stereocenters. The van der Waals surface area contributed by atoms with Crippen molar-refractivity contribution in [3.05, 3.63) is 17.8 Å². The Morgan fingerprint density at radius 2 is 1.96 bits per heavy atom. The van der Waals surface area contributed by atoms with E-state index in [9.17, 15) is 4.79 Å². The average molecular weight is 356 g/mol. The predicted octanol–water partition coefficient (Wildman–Crippen LogP) is 2.14. The van der Waals surface area contributed by atoms with Crippen LogP contribution in [0.5, 0.6) is 0 Å². The van der Waals surface area contributed by atoms with Crippen molar-refractivity contribution in [1.29, 1.82) is 0 Å². The van der Waals surface area contributed by atoms with E-state index in [1.54, 1.807) is 24.0 Å². The van der Waals surface area contributed by atoms with Crippen molar-refractivity contribution < 1.29 is 4.79 Å². The lowest BCUT2D eigenvalue weighted by molar-refractivity contribution is 0.0673. The zero-order valence-corrected chi connectivity index (χ0v) is 15.6. The molecule has 2 fully saturated rings. The molecule has 1 spiro atoms. The SMILES string of the molecule is Cn1nnc2c(C(=O)NCCN3CCC4(CCCCC4)CC3)ccnc21. The second kappa shape index (κ2) is 7.31. The molecule has 1 aliphatic carbocycles. The lowest BCUT2D eigenvalue weighted by atomic mass is 9.68. The summed E-state index contributed by atoms with van der Waals surface area (Å²) in [5.41, 5.74) is 2.37. The van der Waals surface area contributed by atoms with Gasteiger partial charge >= 0.3 is 0 Å². The van der Waals surface area contributed by atoms with Crippen LogP contribution in [0.4, 0.5) is 0 Å². The number of aromatic nitrogens is 4. The third-order valence-corrected chi connectivity index (χ3v) is 6.28. The molecule has 1 saturated heterocycles. The fourth-order valence-electron chi connectivity index (χ4n) is 4.59. The van der Waals surface area contributed by atoms with Crippen LogP contribution < -0.4 is 5.32 Å². The summed E-state index contributed by atoms with van der Waals surface area (Å²) in [5, 5.41) is 11.0. The molecular formula is C19H28N6O. The first-order valence-corrected chi connectivity index (χ1v) is 9.82. The Morgan fingerprint density at radius 3 is 2.73 bits per heavy atom. The summed E-state index contributed by atoms with van der Waals surface area (Å²) < 4.78 is 1.58. The maximum atomic E-state index is 12.5. The van der Waals surface area contributed by atoms with Gasteiger partial charge in [-0.05, 0) is 50.3 Å². The molecule has 4 rings (SSSR count). The number of rotatable bonds is 4. The van der Waals surface area contributed by atoms with Crippen LogP contribution in [0.3, 0.4) is 0 Å². The van der Waals surface area contributed by atoms with Crippen LogP contribution in [0.15, 0.2) is 12.3 Å². The van der Waals surface area contributed by atoms with Crippen molar-refractivity contribution in [2.75, 3.05) is 26.2 Å². The number of amides is 1. The van der Waals surface area contributed by atoms with Gasteiger partial charge in [0, 0.05) is 26.3 Å². The Hall–Kier alpha value is -2.02. The van der Waals surface area contributed by atoms with Gasteiger partial charge in [0.05, 0.1) is 5.56 Å². The van der Waals surface area contributed by atoms with E-state index < -0.39 is 0 Å². The third-order valence-electron chi connectivity index (χ3n) is 6.28. The largest absolute Gasteiger partial charge is 0.351 e. The Bertz CT molecular complexity index is 769. The molecule has 1 saturated carbocycles. The molecule has 7 nitrogen and oxygen atoms in total. The Labute approximate surface area is 154 Å². The van der Waals surface area contributed by atoms with Crippen molar-refractivity contribution in [3.63, 3.8) is 0 Å². The number of hydrogen-bond donors (Lipinski definition) is 1. The summed E-state index contributed by atoms with van der Waals surface area (Å²) in [4.78, 5) is 19.2. The van der Waals surface area contributed by atoms with Crippen LogP contribution in [-0.4, -0.2) is 57.0 Å². The summed E-state index contributed by atoms with van der Waals surface area (Å²) in [6.45, 7) is 3.91. The first-order chi connectivity index (χ1) is 12.7. The van der Waals surface area contributed by atoms with Crippen LogP contribution in [-0.2, 0) is 7.05 Å². The van der Waals surface area contributed by atoms with Gasteiger partial charge in [-0.25, -0.2) is 9.67 Å². The summed E-state index contributed by atoms with van der Waals surface area (Å²) in [6, 6.07) is 1.71. The number of carbonyl (C=O) groups excluding carboxylic acids is 1. The number of nitrogens with one attached hydrogen (secondary N) is 1. The molecule has 26 heavy (non-hydrogen) atoms. The molecule has 7 heteroatoms. The van der Waals surface area contributed by atoms with Crippen molar-refractivity contribution in [1.82, 2.24) is 30.2 Å². The Morgan fingerprint density at radius 1 is 1.19 bits per heavy atom. The number of nitrogens with zero attached hydrogens (tertiary/aromatic N) is 5. The number of aryl methyl sites for hydroxylation is 1. The topological polar surface area (TPSA) is 75.9 Å². The maximum Gasteiger partial charge on any atom is 0.253 e. The van der Waals surface area contributed by atoms with Gasteiger partial charge < -0.3 is 10.2 Å². The summed E-state index contributed by atoms with van der Waals surface area (Å²) in [5.74, 6) is -0.0985. The lowest BCUT2D eigenvalue weighted by Crippen LogP contribution is -2.44. The first kappa shape index (κ1) is 17.4. The number of hydrogen-bond acceptors (Lipinski definition) is 5. The van der Waals surface area contributed by atoms with Gasteiger partial charge in [0.1, 0.15) is 5.52 Å². The fourth-order valence-corrected chi connectivity index (χ4v) is 4.59. The van der Waals surface area contributed by atoms with Gasteiger partial charge in [-0.1, -0.05) is 24.5 Å². The molecule has 3 heterocycles. The van der Waals surface area contributed by atoms with E-state index in [-0.39, 0.29) is 5.91 Å².